The van der Waals surface area contributed by atoms with E-state index in [2.05, 4.69) is 25.3 Å². The first-order chi connectivity index (χ1) is 13.2. The largest absolute Gasteiger partial charge is 0.465 e. The van der Waals surface area contributed by atoms with Crippen LogP contribution in [0.2, 0.25) is 0 Å². The first kappa shape index (κ1) is 18.1. The Labute approximate surface area is 156 Å². The molecular formula is C20H18N4O3. The molecule has 1 amide bonds. The van der Waals surface area contributed by atoms with E-state index in [-0.39, 0.29) is 5.69 Å². The minimum absolute atomic E-state index is 0.212. The number of nitrogens with one attached hydrogen (secondary N) is 2. The van der Waals surface area contributed by atoms with Crippen molar-refractivity contribution in [3.05, 3.63) is 83.8 Å². The predicted molar refractivity (Wildman–Crippen MR) is 102 cm³/mol. The number of hydrogen-bond donors (Lipinski definition) is 2. The van der Waals surface area contributed by atoms with E-state index < -0.39 is 11.9 Å². The molecule has 7 heteroatoms. The summed E-state index contributed by atoms with van der Waals surface area (Å²) in [5, 5.41) is 5.87. The lowest BCUT2D eigenvalue weighted by atomic mass is 10.2. The van der Waals surface area contributed by atoms with E-state index in [1.54, 1.807) is 30.3 Å². The smallest absolute Gasteiger partial charge is 0.337 e. The third-order valence-corrected chi connectivity index (χ3v) is 3.76. The monoisotopic (exact) mass is 362 g/mol. The lowest BCUT2D eigenvalue weighted by Gasteiger charge is -2.08. The van der Waals surface area contributed by atoms with Crippen LogP contribution in [0.25, 0.3) is 0 Å². The van der Waals surface area contributed by atoms with Gasteiger partial charge in [-0.3, -0.25) is 4.79 Å². The minimum Gasteiger partial charge on any atom is -0.465 e. The first-order valence-electron chi connectivity index (χ1n) is 8.25. The van der Waals surface area contributed by atoms with Crippen LogP contribution >= 0.6 is 0 Å². The standard InChI is InChI=1S/C20H18N4O3/c1-27-20(26)15-8-5-9-16(10-15)24-19(25)17-11-18(23-13-22-17)21-12-14-6-3-2-4-7-14/h2-11,13H,12H2,1H3,(H,24,25)(H,21,22,23). The Balaban J connectivity index is 1.67. The van der Waals surface area contributed by atoms with Gasteiger partial charge in [-0.1, -0.05) is 36.4 Å². The number of methoxy groups -OCH3 is 1. The maximum Gasteiger partial charge on any atom is 0.337 e. The highest BCUT2D eigenvalue weighted by Crippen LogP contribution is 2.14. The molecule has 0 aliphatic rings. The van der Waals surface area contributed by atoms with Crippen molar-refractivity contribution >= 4 is 23.4 Å². The van der Waals surface area contributed by atoms with Gasteiger partial charge in [0.1, 0.15) is 17.8 Å². The molecule has 0 saturated heterocycles. The Morgan fingerprint density at radius 1 is 1.00 bits per heavy atom. The maximum atomic E-state index is 12.4. The van der Waals surface area contributed by atoms with Crippen molar-refractivity contribution in [3.8, 4) is 0 Å². The number of esters is 1. The van der Waals surface area contributed by atoms with Crippen LogP contribution in [0.1, 0.15) is 26.4 Å². The molecule has 1 heterocycles. The summed E-state index contributed by atoms with van der Waals surface area (Å²) in [6, 6.07) is 17.9. The van der Waals surface area contributed by atoms with E-state index in [1.165, 1.54) is 13.4 Å². The Bertz CT molecular complexity index is 945. The molecule has 0 spiro atoms. The van der Waals surface area contributed by atoms with E-state index in [9.17, 15) is 9.59 Å². The SMILES string of the molecule is COC(=O)c1cccc(NC(=O)c2cc(NCc3ccccc3)ncn2)c1. The van der Waals surface area contributed by atoms with E-state index in [0.717, 1.165) is 5.56 Å². The molecule has 3 rings (SSSR count). The highest BCUT2D eigenvalue weighted by Gasteiger charge is 2.11. The van der Waals surface area contributed by atoms with Gasteiger partial charge in [0, 0.05) is 18.3 Å². The zero-order chi connectivity index (χ0) is 19.1. The number of aromatic nitrogens is 2. The van der Waals surface area contributed by atoms with Crippen LogP contribution in [-0.4, -0.2) is 29.0 Å². The van der Waals surface area contributed by atoms with Crippen molar-refractivity contribution in [1.82, 2.24) is 9.97 Å². The van der Waals surface area contributed by atoms with E-state index in [0.29, 0.717) is 23.6 Å². The number of anilines is 2. The number of hydrogen-bond acceptors (Lipinski definition) is 6. The lowest BCUT2D eigenvalue weighted by Crippen LogP contribution is -2.15. The van der Waals surface area contributed by atoms with Gasteiger partial charge in [-0.15, -0.1) is 0 Å². The average molecular weight is 362 g/mol. The van der Waals surface area contributed by atoms with Crippen molar-refractivity contribution in [2.45, 2.75) is 6.54 Å². The zero-order valence-electron chi connectivity index (χ0n) is 14.7. The van der Waals surface area contributed by atoms with Crippen LogP contribution in [0, 0.1) is 0 Å². The van der Waals surface area contributed by atoms with Crippen molar-refractivity contribution < 1.29 is 14.3 Å². The first-order valence-corrected chi connectivity index (χ1v) is 8.25. The molecule has 3 aromatic rings. The van der Waals surface area contributed by atoms with Gasteiger partial charge >= 0.3 is 5.97 Å². The Morgan fingerprint density at radius 3 is 2.59 bits per heavy atom. The van der Waals surface area contributed by atoms with Gasteiger partial charge in [0.2, 0.25) is 0 Å². The summed E-state index contributed by atoms with van der Waals surface area (Å²) in [5.74, 6) is -0.329. The van der Waals surface area contributed by atoms with Gasteiger partial charge in [0.15, 0.2) is 0 Å². The third-order valence-electron chi connectivity index (χ3n) is 3.76. The zero-order valence-corrected chi connectivity index (χ0v) is 14.7. The van der Waals surface area contributed by atoms with E-state index in [4.69, 9.17) is 0 Å². The second kappa shape index (κ2) is 8.57. The number of carbonyl (C=O) groups is 2. The fraction of sp³-hybridized carbons (Fsp3) is 0.100. The third kappa shape index (κ3) is 4.88. The maximum absolute atomic E-state index is 12.4. The molecule has 1 aromatic heterocycles. The summed E-state index contributed by atoms with van der Waals surface area (Å²) in [5.41, 5.74) is 2.13. The summed E-state index contributed by atoms with van der Waals surface area (Å²) in [6.07, 6.45) is 1.33. The second-order valence-electron chi connectivity index (χ2n) is 5.65. The summed E-state index contributed by atoms with van der Waals surface area (Å²) in [7, 11) is 1.30. The number of benzene rings is 2. The normalized spacial score (nSPS) is 10.1. The lowest BCUT2D eigenvalue weighted by molar-refractivity contribution is 0.0600. The van der Waals surface area contributed by atoms with Crippen molar-refractivity contribution in [3.63, 3.8) is 0 Å². The highest BCUT2D eigenvalue weighted by atomic mass is 16.5. The van der Waals surface area contributed by atoms with Crippen LogP contribution in [-0.2, 0) is 11.3 Å². The van der Waals surface area contributed by atoms with Crippen LogP contribution in [0.3, 0.4) is 0 Å². The topological polar surface area (TPSA) is 93.2 Å². The van der Waals surface area contributed by atoms with Crippen LogP contribution in [0.15, 0.2) is 67.0 Å². The molecule has 0 radical (unpaired) electrons. The molecule has 0 fully saturated rings. The molecule has 0 aliphatic heterocycles. The summed E-state index contributed by atoms with van der Waals surface area (Å²) >= 11 is 0. The summed E-state index contributed by atoms with van der Waals surface area (Å²) < 4.78 is 4.68. The van der Waals surface area contributed by atoms with Gasteiger partial charge in [0.25, 0.3) is 5.91 Å². The molecule has 0 unspecified atom stereocenters. The number of amides is 1. The van der Waals surface area contributed by atoms with Gasteiger partial charge < -0.3 is 15.4 Å². The molecular weight excluding hydrogens is 344 g/mol. The number of ether oxygens (including phenoxy) is 1. The quantitative estimate of drug-likeness (QED) is 0.655. The fourth-order valence-corrected chi connectivity index (χ4v) is 2.40. The Hall–Kier alpha value is -3.74. The van der Waals surface area contributed by atoms with Gasteiger partial charge in [0.05, 0.1) is 12.7 Å². The number of rotatable bonds is 6. The molecule has 2 N–H and O–H groups in total. The minimum atomic E-state index is -0.472. The van der Waals surface area contributed by atoms with Gasteiger partial charge in [-0.2, -0.15) is 0 Å². The molecule has 0 aliphatic carbocycles. The second-order valence-corrected chi connectivity index (χ2v) is 5.65. The Morgan fingerprint density at radius 2 is 1.81 bits per heavy atom. The molecule has 7 nitrogen and oxygen atoms in total. The summed E-state index contributed by atoms with van der Waals surface area (Å²) in [6.45, 7) is 0.583. The highest BCUT2D eigenvalue weighted by molar-refractivity contribution is 6.03. The molecule has 2 aromatic carbocycles. The van der Waals surface area contributed by atoms with Gasteiger partial charge in [-0.25, -0.2) is 14.8 Å². The van der Waals surface area contributed by atoms with E-state index >= 15 is 0 Å². The summed E-state index contributed by atoms with van der Waals surface area (Å²) in [4.78, 5) is 32.2. The van der Waals surface area contributed by atoms with E-state index in [1.807, 2.05) is 30.3 Å². The van der Waals surface area contributed by atoms with Gasteiger partial charge in [-0.05, 0) is 23.8 Å². The van der Waals surface area contributed by atoms with Crippen LogP contribution in [0.5, 0.6) is 0 Å². The van der Waals surface area contributed by atoms with Crippen molar-refractivity contribution in [2.75, 3.05) is 17.7 Å². The number of carbonyl (C=O) groups excluding carboxylic acids is 2. The van der Waals surface area contributed by atoms with Crippen molar-refractivity contribution in [2.24, 2.45) is 0 Å². The molecule has 0 bridgehead atoms. The Kier molecular flexibility index (Phi) is 5.73. The average Bonchev–Trinajstić information content (AvgIpc) is 2.73. The fourth-order valence-electron chi connectivity index (χ4n) is 2.40. The molecule has 0 saturated carbocycles. The van der Waals surface area contributed by atoms with Crippen LogP contribution in [0.4, 0.5) is 11.5 Å². The van der Waals surface area contributed by atoms with Crippen molar-refractivity contribution in [1.29, 1.82) is 0 Å². The van der Waals surface area contributed by atoms with Crippen LogP contribution < -0.4 is 10.6 Å². The molecule has 27 heavy (non-hydrogen) atoms. The molecule has 136 valence electrons. The number of nitrogens with zero attached hydrogens (tertiary/aromatic N) is 2. The molecule has 0 atom stereocenters. The predicted octanol–water partition coefficient (Wildman–Crippen LogP) is 3.13.